The lowest BCUT2D eigenvalue weighted by molar-refractivity contribution is 0.281. The van der Waals surface area contributed by atoms with Gasteiger partial charge in [-0.05, 0) is 6.08 Å². The molecule has 1 heterocycles. The van der Waals surface area contributed by atoms with Gasteiger partial charge in [0.05, 0.1) is 12.3 Å². The van der Waals surface area contributed by atoms with E-state index < -0.39 is 0 Å². The second-order valence-electron chi connectivity index (χ2n) is 1.53. The lowest BCUT2D eigenvalue weighted by atomic mass is 10.5. The molecule has 2 nitrogen and oxygen atoms in total. The van der Waals surface area contributed by atoms with Gasteiger partial charge in [-0.3, -0.25) is 0 Å². The van der Waals surface area contributed by atoms with Crippen molar-refractivity contribution < 1.29 is 5.11 Å². The summed E-state index contributed by atoms with van der Waals surface area (Å²) in [6.45, 7) is 3.57. The fourth-order valence-corrected chi connectivity index (χ4v) is 1.13. The number of nitrogens with zero attached hydrogens (tertiary/aromatic N) is 1. The standard InChI is InChI=1S/C6H7NOS/c1-2-5-4-9-6(3-8)7-5/h2,4,8H,1,3H2. The Morgan fingerprint density at radius 2 is 2.67 bits per heavy atom. The summed E-state index contributed by atoms with van der Waals surface area (Å²) < 4.78 is 0. The zero-order chi connectivity index (χ0) is 6.69. The van der Waals surface area contributed by atoms with E-state index in [2.05, 4.69) is 11.6 Å². The lowest BCUT2D eigenvalue weighted by Gasteiger charge is -1.80. The van der Waals surface area contributed by atoms with Crippen LogP contribution in [-0.4, -0.2) is 10.1 Å². The Labute approximate surface area is 57.5 Å². The Hall–Kier alpha value is -0.670. The van der Waals surface area contributed by atoms with Gasteiger partial charge < -0.3 is 5.11 Å². The summed E-state index contributed by atoms with van der Waals surface area (Å²) in [5, 5.41) is 11.2. The molecule has 1 rings (SSSR count). The lowest BCUT2D eigenvalue weighted by Crippen LogP contribution is -1.78. The maximum Gasteiger partial charge on any atom is 0.119 e. The van der Waals surface area contributed by atoms with E-state index in [0.29, 0.717) is 0 Å². The summed E-state index contributed by atoms with van der Waals surface area (Å²) in [6.07, 6.45) is 1.66. The number of hydrogen-bond donors (Lipinski definition) is 1. The van der Waals surface area contributed by atoms with Crippen molar-refractivity contribution in [2.45, 2.75) is 6.61 Å². The summed E-state index contributed by atoms with van der Waals surface area (Å²) in [6, 6.07) is 0. The van der Waals surface area contributed by atoms with Crippen LogP contribution in [0.4, 0.5) is 0 Å². The van der Waals surface area contributed by atoms with Crippen molar-refractivity contribution in [1.82, 2.24) is 4.98 Å². The first kappa shape index (κ1) is 6.45. The zero-order valence-electron chi connectivity index (χ0n) is 4.87. The van der Waals surface area contributed by atoms with Gasteiger partial charge in [0.15, 0.2) is 0 Å². The molecular formula is C6H7NOS. The van der Waals surface area contributed by atoms with Crippen molar-refractivity contribution in [3.05, 3.63) is 22.7 Å². The first-order valence-corrected chi connectivity index (χ1v) is 3.42. The minimum absolute atomic E-state index is 0.0263. The molecule has 3 heteroatoms. The van der Waals surface area contributed by atoms with Crippen LogP contribution in [0.1, 0.15) is 10.7 Å². The maximum absolute atomic E-state index is 8.56. The van der Waals surface area contributed by atoms with E-state index in [1.165, 1.54) is 11.3 Å². The fraction of sp³-hybridized carbons (Fsp3) is 0.167. The molecule has 0 spiro atoms. The van der Waals surface area contributed by atoms with E-state index in [1.807, 2.05) is 5.38 Å². The molecule has 0 aliphatic carbocycles. The quantitative estimate of drug-likeness (QED) is 0.673. The SMILES string of the molecule is C=Cc1csc(CO)n1. The number of rotatable bonds is 2. The number of aliphatic hydroxyl groups excluding tert-OH is 1. The van der Waals surface area contributed by atoms with Crippen LogP contribution >= 0.6 is 11.3 Å². The maximum atomic E-state index is 8.56. The summed E-state index contributed by atoms with van der Waals surface area (Å²) >= 11 is 1.44. The van der Waals surface area contributed by atoms with Gasteiger partial charge >= 0.3 is 0 Å². The molecule has 0 amide bonds. The zero-order valence-corrected chi connectivity index (χ0v) is 5.69. The van der Waals surface area contributed by atoms with Gasteiger partial charge in [-0.2, -0.15) is 0 Å². The molecule has 0 saturated carbocycles. The summed E-state index contributed by atoms with van der Waals surface area (Å²) in [7, 11) is 0. The second-order valence-corrected chi connectivity index (χ2v) is 2.47. The predicted octanol–water partition coefficient (Wildman–Crippen LogP) is 1.28. The Kier molecular flexibility index (Phi) is 1.97. The Balaban J connectivity index is 2.86. The molecule has 0 saturated heterocycles. The highest BCUT2D eigenvalue weighted by Gasteiger charge is 1.94. The molecule has 0 aromatic carbocycles. The van der Waals surface area contributed by atoms with E-state index in [1.54, 1.807) is 6.08 Å². The summed E-state index contributed by atoms with van der Waals surface area (Å²) in [5.74, 6) is 0. The van der Waals surface area contributed by atoms with E-state index in [4.69, 9.17) is 5.11 Å². The van der Waals surface area contributed by atoms with Gasteiger partial charge in [-0.15, -0.1) is 11.3 Å². The van der Waals surface area contributed by atoms with Crippen LogP contribution in [-0.2, 0) is 6.61 Å². The first-order chi connectivity index (χ1) is 4.36. The van der Waals surface area contributed by atoms with Crippen LogP contribution in [0.5, 0.6) is 0 Å². The fourth-order valence-electron chi connectivity index (χ4n) is 0.491. The molecular weight excluding hydrogens is 134 g/mol. The Bertz CT molecular complexity index is 207. The molecule has 1 N–H and O–H groups in total. The number of thiazole rings is 1. The minimum atomic E-state index is 0.0263. The van der Waals surface area contributed by atoms with Crippen molar-refractivity contribution in [1.29, 1.82) is 0 Å². The van der Waals surface area contributed by atoms with Crippen LogP contribution < -0.4 is 0 Å². The Morgan fingerprint density at radius 1 is 1.89 bits per heavy atom. The largest absolute Gasteiger partial charge is 0.389 e. The van der Waals surface area contributed by atoms with Crippen molar-refractivity contribution in [3.8, 4) is 0 Å². The molecule has 1 aromatic heterocycles. The molecule has 0 aliphatic heterocycles. The predicted molar refractivity (Wildman–Crippen MR) is 38.1 cm³/mol. The molecule has 0 atom stereocenters. The highest BCUT2D eigenvalue weighted by molar-refractivity contribution is 7.09. The first-order valence-electron chi connectivity index (χ1n) is 2.54. The van der Waals surface area contributed by atoms with Crippen molar-refractivity contribution in [2.24, 2.45) is 0 Å². The van der Waals surface area contributed by atoms with Gasteiger partial charge in [-0.1, -0.05) is 6.58 Å². The van der Waals surface area contributed by atoms with Gasteiger partial charge in [-0.25, -0.2) is 4.98 Å². The molecule has 0 radical (unpaired) electrons. The molecule has 0 unspecified atom stereocenters. The van der Waals surface area contributed by atoms with Gasteiger partial charge in [0.25, 0.3) is 0 Å². The average molecular weight is 141 g/mol. The number of hydrogen-bond acceptors (Lipinski definition) is 3. The van der Waals surface area contributed by atoms with Crippen LogP contribution in [0, 0.1) is 0 Å². The molecule has 0 aliphatic rings. The van der Waals surface area contributed by atoms with E-state index >= 15 is 0 Å². The van der Waals surface area contributed by atoms with Crippen LogP contribution in [0.25, 0.3) is 6.08 Å². The number of aromatic nitrogens is 1. The third-order valence-corrected chi connectivity index (χ3v) is 1.77. The van der Waals surface area contributed by atoms with Gasteiger partial charge in [0, 0.05) is 5.38 Å². The number of aliphatic hydroxyl groups is 1. The van der Waals surface area contributed by atoms with Crippen LogP contribution in [0.3, 0.4) is 0 Å². The van der Waals surface area contributed by atoms with E-state index in [-0.39, 0.29) is 6.61 Å². The highest BCUT2D eigenvalue weighted by atomic mass is 32.1. The third-order valence-electron chi connectivity index (χ3n) is 0.914. The summed E-state index contributed by atoms with van der Waals surface area (Å²) in [4.78, 5) is 4.00. The van der Waals surface area contributed by atoms with Crippen LogP contribution in [0.2, 0.25) is 0 Å². The van der Waals surface area contributed by atoms with Crippen molar-refractivity contribution >= 4 is 17.4 Å². The van der Waals surface area contributed by atoms with Gasteiger partial charge in [0.1, 0.15) is 5.01 Å². The Morgan fingerprint density at radius 3 is 3.00 bits per heavy atom. The highest BCUT2D eigenvalue weighted by Crippen LogP contribution is 2.09. The van der Waals surface area contributed by atoms with Gasteiger partial charge in [0.2, 0.25) is 0 Å². The molecule has 48 valence electrons. The van der Waals surface area contributed by atoms with E-state index in [0.717, 1.165) is 10.7 Å². The second kappa shape index (κ2) is 2.75. The monoisotopic (exact) mass is 141 g/mol. The molecule has 1 aromatic rings. The smallest absolute Gasteiger partial charge is 0.119 e. The van der Waals surface area contributed by atoms with Crippen LogP contribution in [0.15, 0.2) is 12.0 Å². The van der Waals surface area contributed by atoms with Crippen molar-refractivity contribution in [2.75, 3.05) is 0 Å². The molecule has 0 bridgehead atoms. The van der Waals surface area contributed by atoms with E-state index in [9.17, 15) is 0 Å². The average Bonchev–Trinajstić information content (AvgIpc) is 2.34. The molecule has 0 fully saturated rings. The van der Waals surface area contributed by atoms with Crippen molar-refractivity contribution in [3.63, 3.8) is 0 Å². The summed E-state index contributed by atoms with van der Waals surface area (Å²) in [5.41, 5.74) is 0.837. The molecule has 9 heavy (non-hydrogen) atoms. The minimum Gasteiger partial charge on any atom is -0.389 e. The topological polar surface area (TPSA) is 33.1 Å². The third kappa shape index (κ3) is 1.37. The normalized spacial score (nSPS) is 9.44.